The molecule has 0 aliphatic rings. The van der Waals surface area contributed by atoms with Crippen LogP contribution >= 0.6 is 0 Å². The molecule has 2 amide bonds. The first-order valence-corrected chi connectivity index (χ1v) is 9.58. The van der Waals surface area contributed by atoms with Crippen LogP contribution in [0.15, 0.2) is 54.6 Å². The van der Waals surface area contributed by atoms with Crippen molar-refractivity contribution in [1.82, 2.24) is 5.32 Å². The number of unbranched alkanes of at least 4 members (excludes halogenated alkanes) is 1. The number of benzene rings is 2. The van der Waals surface area contributed by atoms with Crippen LogP contribution in [0.4, 0.5) is 16.2 Å². The lowest BCUT2D eigenvalue weighted by Gasteiger charge is -2.21. The number of carbonyl (C=O) groups is 1. The molecule has 142 valence electrons. The Morgan fingerprint density at radius 2 is 1.62 bits per heavy atom. The van der Waals surface area contributed by atoms with E-state index in [2.05, 4.69) is 26.1 Å². The first kappa shape index (κ1) is 21.7. The van der Waals surface area contributed by atoms with Crippen LogP contribution in [0.25, 0.3) is 0 Å². The number of carbonyl (C=O) groups excluding carboxylic acids is 1. The average molecular weight is 356 g/mol. The molecule has 0 fully saturated rings. The van der Waals surface area contributed by atoms with Crippen molar-refractivity contribution >= 4 is 17.4 Å². The van der Waals surface area contributed by atoms with Crippen LogP contribution < -0.4 is 16.0 Å². The van der Waals surface area contributed by atoms with Gasteiger partial charge in [-0.25, -0.2) is 4.79 Å². The van der Waals surface area contributed by atoms with E-state index in [-0.39, 0.29) is 0 Å². The number of hydrogen-bond donors (Lipinski definition) is 2. The van der Waals surface area contributed by atoms with Gasteiger partial charge >= 0.3 is 6.03 Å². The Morgan fingerprint density at radius 1 is 0.923 bits per heavy atom. The molecular weight excluding hydrogens is 322 g/mol. The van der Waals surface area contributed by atoms with E-state index in [9.17, 15) is 4.79 Å². The minimum atomic E-state index is -0.477. The van der Waals surface area contributed by atoms with Gasteiger partial charge < -0.3 is 11.1 Å². The molecule has 0 saturated heterocycles. The van der Waals surface area contributed by atoms with Gasteiger partial charge in [0.15, 0.2) is 0 Å². The SMILES string of the molecule is CCCCNCCC.CCc1cccc(N(C(N)=O)c2ccccc2)c1. The molecule has 0 unspecified atom stereocenters. The summed E-state index contributed by atoms with van der Waals surface area (Å²) < 4.78 is 0. The predicted octanol–water partition coefficient (Wildman–Crippen LogP) is 5.25. The third-order valence-electron chi connectivity index (χ3n) is 3.95. The highest BCUT2D eigenvalue weighted by atomic mass is 16.2. The van der Waals surface area contributed by atoms with Gasteiger partial charge in [0.05, 0.1) is 11.4 Å². The lowest BCUT2D eigenvalue weighted by molar-refractivity contribution is 0.256. The first-order chi connectivity index (χ1) is 12.6. The van der Waals surface area contributed by atoms with Gasteiger partial charge in [0.25, 0.3) is 0 Å². The molecular formula is C22H33N3O. The molecule has 0 saturated carbocycles. The number of amides is 2. The third-order valence-corrected chi connectivity index (χ3v) is 3.95. The minimum absolute atomic E-state index is 0.477. The highest BCUT2D eigenvalue weighted by Gasteiger charge is 2.14. The van der Waals surface area contributed by atoms with Gasteiger partial charge in [-0.05, 0) is 62.2 Å². The fourth-order valence-corrected chi connectivity index (χ4v) is 2.50. The van der Waals surface area contributed by atoms with E-state index in [0.717, 1.165) is 17.8 Å². The van der Waals surface area contributed by atoms with Gasteiger partial charge in [0.2, 0.25) is 0 Å². The topological polar surface area (TPSA) is 58.4 Å². The molecule has 0 bridgehead atoms. The second-order valence-corrected chi connectivity index (χ2v) is 6.14. The van der Waals surface area contributed by atoms with E-state index in [4.69, 9.17) is 5.73 Å². The molecule has 0 radical (unpaired) electrons. The normalized spacial score (nSPS) is 9.96. The van der Waals surface area contributed by atoms with Gasteiger partial charge in [-0.1, -0.05) is 57.5 Å². The maximum atomic E-state index is 11.6. The van der Waals surface area contributed by atoms with Crippen LogP contribution in [0.3, 0.4) is 0 Å². The van der Waals surface area contributed by atoms with E-state index in [0.29, 0.717) is 0 Å². The van der Waals surface area contributed by atoms with Crippen LogP contribution in [-0.4, -0.2) is 19.1 Å². The summed E-state index contributed by atoms with van der Waals surface area (Å²) >= 11 is 0. The fourth-order valence-electron chi connectivity index (χ4n) is 2.50. The number of anilines is 2. The molecule has 0 aliphatic carbocycles. The lowest BCUT2D eigenvalue weighted by atomic mass is 10.1. The van der Waals surface area contributed by atoms with E-state index >= 15 is 0 Å². The molecule has 4 heteroatoms. The fraction of sp³-hybridized carbons (Fsp3) is 0.409. The van der Waals surface area contributed by atoms with Gasteiger partial charge in [-0.2, -0.15) is 0 Å². The monoisotopic (exact) mass is 355 g/mol. The number of rotatable bonds is 8. The third kappa shape index (κ3) is 7.70. The van der Waals surface area contributed by atoms with Crippen molar-refractivity contribution in [3.8, 4) is 0 Å². The predicted molar refractivity (Wildman–Crippen MR) is 112 cm³/mol. The van der Waals surface area contributed by atoms with E-state index in [1.54, 1.807) is 0 Å². The smallest absolute Gasteiger partial charge is 0.323 e. The summed E-state index contributed by atoms with van der Waals surface area (Å²) in [5.74, 6) is 0. The van der Waals surface area contributed by atoms with Crippen molar-refractivity contribution in [3.05, 3.63) is 60.2 Å². The number of hydrogen-bond acceptors (Lipinski definition) is 2. The highest BCUT2D eigenvalue weighted by molar-refractivity contribution is 5.98. The van der Waals surface area contributed by atoms with Crippen LogP contribution in [0.1, 0.15) is 45.6 Å². The summed E-state index contributed by atoms with van der Waals surface area (Å²) in [5.41, 5.74) is 8.23. The number of nitrogens with one attached hydrogen (secondary N) is 1. The molecule has 0 heterocycles. The van der Waals surface area contributed by atoms with Gasteiger partial charge in [0.1, 0.15) is 0 Å². The van der Waals surface area contributed by atoms with Gasteiger partial charge in [0, 0.05) is 0 Å². The number of primary amides is 1. The second kappa shape index (κ2) is 13.0. The molecule has 0 aromatic heterocycles. The van der Waals surface area contributed by atoms with E-state index in [1.807, 2.05) is 54.6 Å². The van der Waals surface area contributed by atoms with Crippen molar-refractivity contribution in [2.45, 2.75) is 46.5 Å². The molecule has 0 aliphatic heterocycles. The Kier molecular flexibility index (Phi) is 10.8. The summed E-state index contributed by atoms with van der Waals surface area (Å²) in [5, 5.41) is 3.34. The summed E-state index contributed by atoms with van der Waals surface area (Å²) in [4.78, 5) is 13.2. The number of para-hydroxylation sites is 1. The second-order valence-electron chi connectivity index (χ2n) is 6.14. The average Bonchev–Trinajstić information content (AvgIpc) is 2.67. The number of nitrogens with zero attached hydrogens (tertiary/aromatic N) is 1. The van der Waals surface area contributed by atoms with Crippen molar-refractivity contribution in [2.75, 3.05) is 18.0 Å². The van der Waals surface area contributed by atoms with Gasteiger partial charge in [-0.15, -0.1) is 0 Å². The van der Waals surface area contributed by atoms with Crippen LogP contribution in [0.2, 0.25) is 0 Å². The molecule has 2 aromatic rings. The highest BCUT2D eigenvalue weighted by Crippen LogP contribution is 2.25. The lowest BCUT2D eigenvalue weighted by Crippen LogP contribution is -2.31. The summed E-state index contributed by atoms with van der Waals surface area (Å²) in [6.07, 6.45) is 4.80. The number of aryl methyl sites for hydroxylation is 1. The number of urea groups is 1. The van der Waals surface area contributed by atoms with Crippen LogP contribution in [0, 0.1) is 0 Å². The Morgan fingerprint density at radius 3 is 2.19 bits per heavy atom. The van der Waals surface area contributed by atoms with Crippen LogP contribution in [0.5, 0.6) is 0 Å². The zero-order chi connectivity index (χ0) is 19.2. The van der Waals surface area contributed by atoms with Crippen molar-refractivity contribution in [2.24, 2.45) is 5.73 Å². The molecule has 2 rings (SSSR count). The minimum Gasteiger partial charge on any atom is -0.351 e. The Bertz CT molecular complexity index is 622. The van der Waals surface area contributed by atoms with Crippen molar-refractivity contribution in [3.63, 3.8) is 0 Å². The Balaban J connectivity index is 0.000000359. The molecule has 0 spiro atoms. The Hall–Kier alpha value is -2.33. The first-order valence-electron chi connectivity index (χ1n) is 9.58. The zero-order valence-electron chi connectivity index (χ0n) is 16.4. The summed E-state index contributed by atoms with van der Waals surface area (Å²) in [6, 6.07) is 16.8. The standard InChI is InChI=1S/C15H16N2O.C7H17N/c1-2-12-7-6-10-14(11-12)17(15(16)18)13-8-4-3-5-9-13;1-3-5-7-8-6-4-2/h3-11H,2H2,1H3,(H2,16,18);8H,3-7H2,1-2H3. The molecule has 3 N–H and O–H groups in total. The van der Waals surface area contributed by atoms with E-state index in [1.165, 1.54) is 42.8 Å². The van der Waals surface area contributed by atoms with Gasteiger partial charge in [-0.3, -0.25) is 4.90 Å². The zero-order valence-corrected chi connectivity index (χ0v) is 16.4. The maximum Gasteiger partial charge on any atom is 0.323 e. The van der Waals surface area contributed by atoms with Crippen LogP contribution in [-0.2, 0) is 6.42 Å². The van der Waals surface area contributed by atoms with E-state index < -0.39 is 6.03 Å². The number of nitrogens with two attached hydrogens (primary N) is 1. The maximum absolute atomic E-state index is 11.6. The Labute approximate surface area is 158 Å². The molecule has 4 nitrogen and oxygen atoms in total. The largest absolute Gasteiger partial charge is 0.351 e. The molecule has 2 aromatic carbocycles. The quantitative estimate of drug-likeness (QED) is 0.635. The molecule has 26 heavy (non-hydrogen) atoms. The van der Waals surface area contributed by atoms with Crippen molar-refractivity contribution < 1.29 is 4.79 Å². The summed E-state index contributed by atoms with van der Waals surface area (Å²) in [7, 11) is 0. The van der Waals surface area contributed by atoms with Crippen molar-refractivity contribution in [1.29, 1.82) is 0 Å². The summed E-state index contributed by atoms with van der Waals surface area (Å²) in [6.45, 7) is 8.87. The molecule has 0 atom stereocenters.